The molecule has 2 aromatic heterocycles. The van der Waals surface area contributed by atoms with Gasteiger partial charge in [-0.15, -0.1) is 0 Å². The molecular formula is C15H15N5O. The van der Waals surface area contributed by atoms with Crippen molar-refractivity contribution in [2.45, 2.75) is 6.92 Å². The van der Waals surface area contributed by atoms with Crippen molar-refractivity contribution in [3.05, 3.63) is 48.0 Å². The van der Waals surface area contributed by atoms with Gasteiger partial charge in [-0.2, -0.15) is 0 Å². The molecule has 0 radical (unpaired) electrons. The second-order valence-electron chi connectivity index (χ2n) is 4.87. The van der Waals surface area contributed by atoms with Gasteiger partial charge in [-0.3, -0.25) is 14.7 Å². The van der Waals surface area contributed by atoms with Crippen LogP contribution in [0.3, 0.4) is 0 Å². The fourth-order valence-corrected chi connectivity index (χ4v) is 2.20. The Bertz CT molecular complexity index is 807. The number of benzene rings is 1. The summed E-state index contributed by atoms with van der Waals surface area (Å²) in [6.07, 6.45) is 3.06. The molecule has 0 N–H and O–H groups in total. The van der Waals surface area contributed by atoms with E-state index in [1.165, 1.54) is 11.1 Å². The molecule has 106 valence electrons. The quantitative estimate of drug-likeness (QED) is 0.720. The maximum absolute atomic E-state index is 12.5. The molecule has 3 rings (SSSR count). The van der Waals surface area contributed by atoms with Gasteiger partial charge in [0.15, 0.2) is 0 Å². The minimum Gasteiger partial charge on any atom is -0.313 e. The number of rotatable bonds is 2. The van der Waals surface area contributed by atoms with Crippen LogP contribution in [0.4, 0.5) is 5.95 Å². The molecule has 0 saturated carbocycles. The van der Waals surface area contributed by atoms with Gasteiger partial charge >= 0.3 is 0 Å². The molecule has 0 unspecified atom stereocenters. The zero-order valence-electron chi connectivity index (χ0n) is 12.1. The molecule has 0 atom stereocenters. The largest absolute Gasteiger partial charge is 0.313 e. The Morgan fingerprint density at radius 3 is 2.62 bits per heavy atom. The monoisotopic (exact) mass is 281 g/mol. The van der Waals surface area contributed by atoms with Crippen LogP contribution in [0, 0.1) is 6.92 Å². The van der Waals surface area contributed by atoms with Crippen molar-refractivity contribution in [1.29, 1.82) is 0 Å². The van der Waals surface area contributed by atoms with Crippen LogP contribution in [0.1, 0.15) is 16.2 Å². The van der Waals surface area contributed by atoms with Gasteiger partial charge in [0.1, 0.15) is 5.69 Å². The van der Waals surface area contributed by atoms with Crippen LogP contribution in [-0.4, -0.2) is 32.5 Å². The molecule has 0 saturated heterocycles. The lowest BCUT2D eigenvalue weighted by atomic mass is 10.3. The summed E-state index contributed by atoms with van der Waals surface area (Å²) in [5.41, 5.74) is 2.90. The van der Waals surface area contributed by atoms with Crippen molar-refractivity contribution >= 4 is 22.9 Å². The third-order valence-corrected chi connectivity index (χ3v) is 3.37. The molecular weight excluding hydrogens is 266 g/mol. The van der Waals surface area contributed by atoms with Crippen molar-refractivity contribution in [3.63, 3.8) is 0 Å². The number of aryl methyl sites for hydroxylation is 2. The lowest BCUT2D eigenvalue weighted by molar-refractivity contribution is 0.0986. The predicted molar refractivity (Wildman–Crippen MR) is 80.2 cm³/mol. The molecule has 2 heterocycles. The summed E-state index contributed by atoms with van der Waals surface area (Å²) in [4.78, 5) is 26.7. The number of carbonyl (C=O) groups is 1. The lowest BCUT2D eigenvalue weighted by Gasteiger charge is -2.15. The molecule has 0 aliphatic heterocycles. The lowest BCUT2D eigenvalue weighted by Crippen LogP contribution is -2.29. The highest BCUT2D eigenvalue weighted by atomic mass is 16.2. The first-order chi connectivity index (χ1) is 10.1. The van der Waals surface area contributed by atoms with Crippen molar-refractivity contribution in [3.8, 4) is 0 Å². The van der Waals surface area contributed by atoms with E-state index in [1.54, 1.807) is 13.2 Å². The van der Waals surface area contributed by atoms with E-state index in [0.717, 1.165) is 16.7 Å². The maximum Gasteiger partial charge on any atom is 0.280 e. The number of para-hydroxylation sites is 2. The second-order valence-corrected chi connectivity index (χ2v) is 4.87. The zero-order valence-corrected chi connectivity index (χ0v) is 12.1. The van der Waals surface area contributed by atoms with Crippen LogP contribution >= 0.6 is 0 Å². The molecule has 1 amide bonds. The summed E-state index contributed by atoms with van der Waals surface area (Å²) in [7, 11) is 3.57. The molecule has 0 aliphatic carbocycles. The van der Waals surface area contributed by atoms with E-state index in [1.807, 2.05) is 42.8 Å². The summed E-state index contributed by atoms with van der Waals surface area (Å²) in [6, 6.07) is 7.76. The highest BCUT2D eigenvalue weighted by molar-refractivity contribution is 6.04. The predicted octanol–water partition coefficient (Wildman–Crippen LogP) is 1.95. The molecule has 3 aromatic rings. The van der Waals surface area contributed by atoms with E-state index in [-0.39, 0.29) is 5.91 Å². The Balaban J connectivity index is 2.00. The summed E-state index contributed by atoms with van der Waals surface area (Å²) in [5.74, 6) is 0.337. The number of hydrogen-bond donors (Lipinski definition) is 0. The molecule has 1 aromatic carbocycles. The first-order valence-electron chi connectivity index (χ1n) is 6.56. The molecule has 6 heteroatoms. The number of fused-ring (bicyclic) bond motifs is 1. The van der Waals surface area contributed by atoms with Crippen molar-refractivity contribution < 1.29 is 4.79 Å². The van der Waals surface area contributed by atoms with Crippen LogP contribution in [0.2, 0.25) is 0 Å². The average Bonchev–Trinajstić information content (AvgIpc) is 2.84. The maximum atomic E-state index is 12.5. The molecule has 0 bridgehead atoms. The van der Waals surface area contributed by atoms with E-state index < -0.39 is 0 Å². The van der Waals surface area contributed by atoms with Gasteiger partial charge in [-0.25, -0.2) is 9.97 Å². The van der Waals surface area contributed by atoms with E-state index in [2.05, 4.69) is 15.0 Å². The Hall–Kier alpha value is -2.76. The minimum atomic E-state index is -0.235. The highest BCUT2D eigenvalue weighted by Crippen LogP contribution is 2.20. The molecule has 0 fully saturated rings. The SMILES string of the molecule is Cc1cnc(C(=O)N(C)c2nc3ccccc3n2C)cn1. The van der Waals surface area contributed by atoms with Crippen LogP contribution in [0.15, 0.2) is 36.7 Å². The van der Waals surface area contributed by atoms with Gasteiger partial charge in [-0.05, 0) is 19.1 Å². The molecule has 6 nitrogen and oxygen atoms in total. The summed E-state index contributed by atoms with van der Waals surface area (Å²) in [5, 5.41) is 0. The van der Waals surface area contributed by atoms with E-state index >= 15 is 0 Å². The second kappa shape index (κ2) is 4.97. The highest BCUT2D eigenvalue weighted by Gasteiger charge is 2.20. The minimum absolute atomic E-state index is 0.235. The van der Waals surface area contributed by atoms with Gasteiger partial charge in [0, 0.05) is 20.3 Å². The fraction of sp³-hybridized carbons (Fsp3) is 0.200. The topological polar surface area (TPSA) is 63.9 Å². The van der Waals surface area contributed by atoms with Gasteiger partial charge in [0.05, 0.1) is 22.9 Å². The van der Waals surface area contributed by atoms with Gasteiger partial charge in [-0.1, -0.05) is 12.1 Å². The van der Waals surface area contributed by atoms with Crippen molar-refractivity contribution in [2.75, 3.05) is 11.9 Å². The summed E-state index contributed by atoms with van der Waals surface area (Å²) >= 11 is 0. The third-order valence-electron chi connectivity index (χ3n) is 3.37. The number of imidazole rings is 1. The van der Waals surface area contributed by atoms with Crippen molar-refractivity contribution in [2.24, 2.45) is 7.05 Å². The average molecular weight is 281 g/mol. The Morgan fingerprint density at radius 1 is 1.19 bits per heavy atom. The van der Waals surface area contributed by atoms with Crippen LogP contribution in [-0.2, 0) is 7.05 Å². The zero-order chi connectivity index (χ0) is 15.0. The first kappa shape index (κ1) is 13.2. The first-order valence-corrected chi connectivity index (χ1v) is 6.56. The van der Waals surface area contributed by atoms with Gasteiger partial charge in [0.25, 0.3) is 5.91 Å². The van der Waals surface area contributed by atoms with E-state index in [9.17, 15) is 4.79 Å². The Labute approximate surface area is 122 Å². The molecule has 0 aliphatic rings. The number of nitrogens with zero attached hydrogens (tertiary/aromatic N) is 5. The molecule has 21 heavy (non-hydrogen) atoms. The number of anilines is 1. The summed E-state index contributed by atoms with van der Waals surface area (Å²) in [6.45, 7) is 1.83. The van der Waals surface area contributed by atoms with Gasteiger partial charge in [0.2, 0.25) is 5.95 Å². The Kier molecular flexibility index (Phi) is 3.13. The standard InChI is InChI=1S/C15H15N5O/c1-10-8-17-12(9-16-10)14(21)20(3)15-18-11-6-4-5-7-13(11)19(15)2/h4-9H,1-3H3. The number of aromatic nitrogens is 4. The van der Waals surface area contributed by atoms with Crippen LogP contribution < -0.4 is 4.90 Å². The van der Waals surface area contributed by atoms with Crippen molar-refractivity contribution in [1.82, 2.24) is 19.5 Å². The van der Waals surface area contributed by atoms with E-state index in [0.29, 0.717) is 11.6 Å². The third kappa shape index (κ3) is 2.24. The van der Waals surface area contributed by atoms with Gasteiger partial charge < -0.3 is 4.57 Å². The number of hydrogen-bond acceptors (Lipinski definition) is 4. The van der Waals surface area contributed by atoms with E-state index in [4.69, 9.17) is 0 Å². The number of carbonyl (C=O) groups excluding carboxylic acids is 1. The normalized spacial score (nSPS) is 10.8. The number of amides is 1. The van der Waals surface area contributed by atoms with Crippen LogP contribution in [0.5, 0.6) is 0 Å². The smallest absolute Gasteiger partial charge is 0.280 e. The van der Waals surface area contributed by atoms with Crippen LogP contribution in [0.25, 0.3) is 11.0 Å². The fourth-order valence-electron chi connectivity index (χ4n) is 2.20. The Morgan fingerprint density at radius 2 is 1.95 bits per heavy atom. The summed E-state index contributed by atoms with van der Waals surface area (Å²) < 4.78 is 1.88. The molecule has 0 spiro atoms.